The Kier molecular flexibility index (Phi) is 8.89. The Balaban J connectivity index is 0.000000223. The maximum atomic E-state index is 6.19. The minimum atomic E-state index is 0. The number of furan rings is 1. The van der Waals surface area contributed by atoms with Crippen molar-refractivity contribution in [2.24, 2.45) is 0 Å². The molecule has 5 heteroatoms. The fourth-order valence-corrected chi connectivity index (χ4v) is 5.68. The van der Waals surface area contributed by atoms with Crippen molar-refractivity contribution in [1.82, 2.24) is 15.0 Å². The van der Waals surface area contributed by atoms with Crippen LogP contribution in [0.15, 0.2) is 120 Å². The summed E-state index contributed by atoms with van der Waals surface area (Å²) in [6, 6.07) is 41.7. The predicted molar refractivity (Wildman–Crippen MR) is 184 cm³/mol. The second-order valence-electron chi connectivity index (χ2n) is 11.4. The zero-order chi connectivity index (χ0) is 30.9. The van der Waals surface area contributed by atoms with Crippen LogP contribution in [0.3, 0.4) is 0 Å². The van der Waals surface area contributed by atoms with Crippen molar-refractivity contribution < 1.29 is 24.5 Å². The van der Waals surface area contributed by atoms with Crippen molar-refractivity contribution >= 4 is 32.8 Å². The van der Waals surface area contributed by atoms with E-state index in [1.54, 1.807) is 0 Å². The monoisotopic (exact) mass is 774 g/mol. The first-order chi connectivity index (χ1) is 21.9. The average Bonchev–Trinajstić information content (AvgIpc) is 3.44. The van der Waals surface area contributed by atoms with E-state index in [1.807, 2.05) is 74.8 Å². The largest absolute Gasteiger partial charge is 0.486 e. The molecule has 0 spiro atoms. The summed E-state index contributed by atoms with van der Waals surface area (Å²) in [4.78, 5) is 13.6. The maximum Gasteiger partial charge on any atom is 0.216 e. The van der Waals surface area contributed by atoms with Gasteiger partial charge in [0, 0.05) is 43.6 Å². The molecule has 4 heterocycles. The van der Waals surface area contributed by atoms with E-state index in [4.69, 9.17) is 9.40 Å². The Morgan fingerprint density at radius 2 is 1.37 bits per heavy atom. The van der Waals surface area contributed by atoms with E-state index in [1.165, 1.54) is 33.0 Å². The molecule has 0 saturated heterocycles. The zero-order valence-corrected chi connectivity index (χ0v) is 28.4. The van der Waals surface area contributed by atoms with Crippen LogP contribution in [-0.2, 0) is 20.1 Å². The second kappa shape index (κ2) is 13.2. The number of rotatable bonds is 3. The van der Waals surface area contributed by atoms with E-state index < -0.39 is 0 Å². The van der Waals surface area contributed by atoms with Crippen molar-refractivity contribution in [2.45, 2.75) is 27.7 Å². The molecule has 0 aliphatic heterocycles. The predicted octanol–water partition coefficient (Wildman–Crippen LogP) is 10.4. The third kappa shape index (κ3) is 6.12. The molecule has 0 amide bonds. The van der Waals surface area contributed by atoms with E-state index >= 15 is 0 Å². The molecule has 1 radical (unpaired) electrons. The van der Waals surface area contributed by atoms with Crippen molar-refractivity contribution in [3.8, 4) is 33.6 Å². The molecule has 0 bridgehead atoms. The summed E-state index contributed by atoms with van der Waals surface area (Å²) in [6.07, 6.45) is 3.81. The number of nitrogens with zero attached hydrogens (tertiary/aromatic N) is 3. The third-order valence-electron chi connectivity index (χ3n) is 8.08. The second-order valence-corrected chi connectivity index (χ2v) is 11.4. The smallest absolute Gasteiger partial charge is 0.216 e. The number of aromatic nitrogens is 3. The van der Waals surface area contributed by atoms with E-state index in [9.17, 15) is 0 Å². The molecular formula is C41H31IrN3O-2. The number of benzene rings is 4. The van der Waals surface area contributed by atoms with Crippen LogP contribution in [0.2, 0.25) is 0 Å². The van der Waals surface area contributed by atoms with E-state index in [0.29, 0.717) is 5.71 Å². The Morgan fingerprint density at radius 1 is 0.609 bits per heavy atom. The summed E-state index contributed by atoms with van der Waals surface area (Å²) in [5, 5.41) is 4.53. The zero-order valence-electron chi connectivity index (χ0n) is 26.1. The van der Waals surface area contributed by atoms with Crippen molar-refractivity contribution in [1.29, 1.82) is 0 Å². The van der Waals surface area contributed by atoms with Gasteiger partial charge in [-0.3, -0.25) is 0 Å². The molecule has 46 heavy (non-hydrogen) atoms. The minimum Gasteiger partial charge on any atom is -0.486 e. The number of hydrogen-bond donors (Lipinski definition) is 0. The molecule has 0 N–H and O–H groups in total. The fourth-order valence-electron chi connectivity index (χ4n) is 5.68. The fraction of sp³-hybridized carbons (Fsp3) is 0.0976. The number of hydrogen-bond acceptors (Lipinski definition) is 4. The van der Waals surface area contributed by atoms with E-state index in [2.05, 4.69) is 90.5 Å². The molecule has 0 fully saturated rings. The van der Waals surface area contributed by atoms with Gasteiger partial charge in [0.05, 0.1) is 5.58 Å². The van der Waals surface area contributed by atoms with Crippen LogP contribution in [0.1, 0.15) is 22.4 Å². The minimum absolute atomic E-state index is 0. The van der Waals surface area contributed by atoms with Crippen molar-refractivity contribution in [2.75, 3.05) is 0 Å². The topological polar surface area (TPSA) is 51.8 Å². The van der Waals surface area contributed by atoms with Crippen LogP contribution in [0, 0.1) is 39.8 Å². The van der Waals surface area contributed by atoms with Gasteiger partial charge in [0.25, 0.3) is 0 Å². The molecule has 8 rings (SSSR count). The Morgan fingerprint density at radius 3 is 2.13 bits per heavy atom. The van der Waals surface area contributed by atoms with Crippen LogP contribution in [-0.4, -0.2) is 15.0 Å². The van der Waals surface area contributed by atoms with Gasteiger partial charge in [-0.1, -0.05) is 59.5 Å². The summed E-state index contributed by atoms with van der Waals surface area (Å²) in [6.45, 7) is 8.28. The van der Waals surface area contributed by atoms with Gasteiger partial charge in [0.2, 0.25) is 5.71 Å². The van der Waals surface area contributed by atoms with E-state index in [0.717, 1.165) is 50.1 Å². The Bertz CT molecular complexity index is 2310. The molecule has 4 nitrogen and oxygen atoms in total. The molecule has 0 aliphatic carbocycles. The van der Waals surface area contributed by atoms with Gasteiger partial charge in [0.15, 0.2) is 0 Å². The normalized spacial score (nSPS) is 10.9. The standard InChI is InChI=1S/C29H21N2O.C12H10N.Ir/c1-17-13-20-7-4-5-8-21(20)14-25(17)26-15-27(30-16-18(26)2)24-10-6-9-22-23-12-11-19(3)31-29(23)32-28(22)24;1-10-7-8-12(13-9-10)11-5-3-2-4-6-11;/h4-9,11-16H,1-3H3;2-5,7-9H,1H3;/q2*-1;. The van der Waals surface area contributed by atoms with Gasteiger partial charge < -0.3 is 14.4 Å². The van der Waals surface area contributed by atoms with Gasteiger partial charge in [-0.15, -0.1) is 54.1 Å². The molecule has 4 aromatic carbocycles. The van der Waals surface area contributed by atoms with Gasteiger partial charge in [0.1, 0.15) is 0 Å². The summed E-state index contributed by atoms with van der Waals surface area (Å²) in [7, 11) is 0. The maximum absolute atomic E-state index is 6.19. The number of fused-ring (bicyclic) bond motifs is 4. The molecule has 0 saturated carbocycles. The van der Waals surface area contributed by atoms with Crippen LogP contribution >= 0.6 is 0 Å². The van der Waals surface area contributed by atoms with Crippen LogP contribution < -0.4 is 0 Å². The van der Waals surface area contributed by atoms with Gasteiger partial charge >= 0.3 is 0 Å². The molecule has 0 atom stereocenters. The summed E-state index contributed by atoms with van der Waals surface area (Å²) in [5.74, 6) is 0. The molecular weight excluding hydrogens is 743 g/mol. The first kappa shape index (κ1) is 31.0. The molecule has 0 aliphatic rings. The van der Waals surface area contributed by atoms with Crippen LogP contribution in [0.4, 0.5) is 0 Å². The number of pyridine rings is 3. The van der Waals surface area contributed by atoms with Crippen LogP contribution in [0.5, 0.6) is 0 Å². The Labute approximate surface area is 282 Å². The first-order valence-corrected chi connectivity index (χ1v) is 15.0. The van der Waals surface area contributed by atoms with E-state index in [-0.39, 0.29) is 20.1 Å². The van der Waals surface area contributed by atoms with Crippen LogP contribution in [0.25, 0.3) is 66.5 Å². The third-order valence-corrected chi connectivity index (χ3v) is 8.08. The molecule has 8 aromatic rings. The number of aryl methyl sites for hydroxylation is 4. The van der Waals surface area contributed by atoms with Crippen molar-refractivity contribution in [3.63, 3.8) is 0 Å². The van der Waals surface area contributed by atoms with Gasteiger partial charge in [-0.25, -0.2) is 4.98 Å². The SMILES string of the molecule is Cc1ccc(-c2[c-]cccc2)nc1.Cc1ccc2c(n1)oc1c(-c3cc(-c4cc5ccccc5cc4C)c(C)cn3)[c-]ccc12.[Ir]. The summed E-state index contributed by atoms with van der Waals surface area (Å²) < 4.78 is 6.19. The Hall–Kier alpha value is -4.96. The molecule has 4 aromatic heterocycles. The molecule has 0 unspecified atom stereocenters. The quantitative estimate of drug-likeness (QED) is 0.168. The average molecular weight is 774 g/mol. The first-order valence-electron chi connectivity index (χ1n) is 15.0. The van der Waals surface area contributed by atoms with Crippen molar-refractivity contribution in [3.05, 3.63) is 150 Å². The molecule has 227 valence electrons. The van der Waals surface area contributed by atoms with Gasteiger partial charge in [-0.2, -0.15) is 0 Å². The van der Waals surface area contributed by atoms with Gasteiger partial charge in [-0.05, 0) is 95.9 Å². The summed E-state index contributed by atoms with van der Waals surface area (Å²) >= 11 is 0. The summed E-state index contributed by atoms with van der Waals surface area (Å²) in [5.41, 5.74) is 12.1.